The first-order valence-electron chi connectivity index (χ1n) is 7.25. The number of halogens is 1. The molecular formula is C15H16BrN3O5S. The Morgan fingerprint density at radius 3 is 2.92 bits per heavy atom. The van der Waals surface area contributed by atoms with Crippen LogP contribution in [0.1, 0.15) is 18.9 Å². The first kappa shape index (κ1) is 19.3. The number of amidine groups is 1. The Kier molecular flexibility index (Phi) is 6.82. The van der Waals surface area contributed by atoms with Crippen LogP contribution in [0.25, 0.3) is 0 Å². The van der Waals surface area contributed by atoms with Gasteiger partial charge in [0, 0.05) is 0 Å². The molecule has 0 spiro atoms. The lowest BCUT2D eigenvalue weighted by Gasteiger charge is -2.11. The molecule has 0 bridgehead atoms. The standard InChI is InChI=1S/C15H16BrN3O5S/c1-3-24-13-9(16)4-8(5-10(13)23-2)7-17-19-15-18-14(22)11(25-15)6-12(20)21/h4-5,7,11H,3,6H2,1-2H3,(H,20,21)(H,18,19,22). The number of carbonyl (C=O) groups is 2. The minimum Gasteiger partial charge on any atom is -0.493 e. The lowest BCUT2D eigenvalue weighted by atomic mass is 10.2. The number of carboxylic acid groups (broad SMARTS) is 1. The summed E-state index contributed by atoms with van der Waals surface area (Å²) in [5.74, 6) is -0.269. The smallest absolute Gasteiger partial charge is 0.305 e. The van der Waals surface area contributed by atoms with Gasteiger partial charge in [0.2, 0.25) is 5.91 Å². The van der Waals surface area contributed by atoms with Crippen LogP contribution in [-0.4, -0.2) is 47.3 Å². The largest absolute Gasteiger partial charge is 0.493 e. The SMILES string of the molecule is CCOc1c(Br)cc(C=NN=C2NC(=O)C(CC(=O)O)S2)cc1OC. The number of carbonyl (C=O) groups excluding carboxylic acids is 1. The van der Waals surface area contributed by atoms with E-state index in [1.54, 1.807) is 19.2 Å². The molecule has 1 aromatic carbocycles. The molecule has 1 unspecified atom stereocenters. The molecule has 1 aromatic rings. The number of rotatable bonds is 7. The number of nitrogens with zero attached hydrogens (tertiary/aromatic N) is 2. The molecule has 1 fully saturated rings. The summed E-state index contributed by atoms with van der Waals surface area (Å²) >= 11 is 4.46. The van der Waals surface area contributed by atoms with E-state index in [1.807, 2.05) is 6.92 Å². The van der Waals surface area contributed by atoms with Gasteiger partial charge >= 0.3 is 5.97 Å². The zero-order valence-corrected chi connectivity index (χ0v) is 15.9. The number of hydrogen-bond acceptors (Lipinski definition) is 7. The fourth-order valence-corrected chi connectivity index (χ4v) is 3.48. The van der Waals surface area contributed by atoms with Crippen LogP contribution in [0.15, 0.2) is 26.8 Å². The Labute approximate surface area is 156 Å². The third-order valence-corrected chi connectivity index (χ3v) is 4.69. The molecule has 10 heteroatoms. The predicted molar refractivity (Wildman–Crippen MR) is 98.7 cm³/mol. The Morgan fingerprint density at radius 2 is 2.28 bits per heavy atom. The molecule has 2 N–H and O–H groups in total. The van der Waals surface area contributed by atoms with E-state index in [1.165, 1.54) is 6.21 Å². The van der Waals surface area contributed by atoms with Crippen molar-refractivity contribution in [3.05, 3.63) is 22.2 Å². The van der Waals surface area contributed by atoms with Crippen molar-refractivity contribution in [1.29, 1.82) is 0 Å². The Balaban J connectivity index is 2.11. The first-order valence-corrected chi connectivity index (χ1v) is 8.92. The van der Waals surface area contributed by atoms with Crippen molar-refractivity contribution in [2.24, 2.45) is 10.2 Å². The molecule has 1 aliphatic rings. The van der Waals surface area contributed by atoms with Crippen LogP contribution < -0.4 is 14.8 Å². The quantitative estimate of drug-likeness (QED) is 0.507. The van der Waals surface area contributed by atoms with Gasteiger partial charge in [0.1, 0.15) is 5.25 Å². The summed E-state index contributed by atoms with van der Waals surface area (Å²) in [7, 11) is 1.54. The van der Waals surface area contributed by atoms with E-state index in [0.29, 0.717) is 28.1 Å². The van der Waals surface area contributed by atoms with Gasteiger partial charge in [-0.05, 0) is 40.5 Å². The molecule has 0 aliphatic carbocycles. The molecule has 25 heavy (non-hydrogen) atoms. The maximum absolute atomic E-state index is 11.6. The fraction of sp³-hybridized carbons (Fsp3) is 0.333. The van der Waals surface area contributed by atoms with Crippen molar-refractivity contribution >= 4 is 51.0 Å². The van der Waals surface area contributed by atoms with E-state index in [2.05, 4.69) is 31.4 Å². The van der Waals surface area contributed by atoms with Crippen LogP contribution in [0.4, 0.5) is 0 Å². The Hall–Kier alpha value is -2.07. The number of thioether (sulfide) groups is 1. The highest BCUT2D eigenvalue weighted by Gasteiger charge is 2.32. The summed E-state index contributed by atoms with van der Waals surface area (Å²) in [4.78, 5) is 22.3. The number of hydrogen-bond donors (Lipinski definition) is 2. The van der Waals surface area contributed by atoms with Crippen LogP contribution in [-0.2, 0) is 9.59 Å². The number of methoxy groups -OCH3 is 1. The molecule has 1 aliphatic heterocycles. The van der Waals surface area contributed by atoms with Gasteiger partial charge in [-0.3, -0.25) is 9.59 Å². The third-order valence-electron chi connectivity index (χ3n) is 3.03. The van der Waals surface area contributed by atoms with Crippen LogP contribution in [0.3, 0.4) is 0 Å². The molecule has 1 saturated heterocycles. The van der Waals surface area contributed by atoms with Gasteiger partial charge in [-0.15, -0.1) is 5.10 Å². The van der Waals surface area contributed by atoms with Gasteiger partial charge in [-0.2, -0.15) is 5.10 Å². The minimum atomic E-state index is -1.04. The highest BCUT2D eigenvalue weighted by atomic mass is 79.9. The molecule has 0 radical (unpaired) electrons. The van der Waals surface area contributed by atoms with Crippen molar-refractivity contribution in [2.45, 2.75) is 18.6 Å². The molecular weight excluding hydrogens is 414 g/mol. The molecule has 1 amide bonds. The molecule has 8 nitrogen and oxygen atoms in total. The van der Waals surface area contributed by atoms with Gasteiger partial charge in [0.05, 0.1) is 30.8 Å². The average molecular weight is 430 g/mol. The number of benzene rings is 1. The summed E-state index contributed by atoms with van der Waals surface area (Å²) in [6.45, 7) is 2.38. The average Bonchev–Trinajstić information content (AvgIpc) is 2.88. The van der Waals surface area contributed by atoms with E-state index in [-0.39, 0.29) is 17.5 Å². The summed E-state index contributed by atoms with van der Waals surface area (Å²) in [5, 5.41) is 18.7. The van der Waals surface area contributed by atoms with E-state index in [9.17, 15) is 9.59 Å². The molecule has 1 atom stereocenters. The Bertz CT molecular complexity index is 738. The monoisotopic (exact) mass is 429 g/mol. The van der Waals surface area contributed by atoms with Gasteiger partial charge < -0.3 is 19.9 Å². The first-order chi connectivity index (χ1) is 11.9. The fourth-order valence-electron chi connectivity index (χ4n) is 1.99. The number of carboxylic acids is 1. The van der Waals surface area contributed by atoms with Crippen LogP contribution >= 0.6 is 27.7 Å². The van der Waals surface area contributed by atoms with Crippen molar-refractivity contribution in [3.63, 3.8) is 0 Å². The normalized spacial score (nSPS) is 18.6. The summed E-state index contributed by atoms with van der Waals surface area (Å²) < 4.78 is 11.5. The number of ether oxygens (including phenoxy) is 2. The van der Waals surface area contributed by atoms with Crippen LogP contribution in [0.2, 0.25) is 0 Å². The lowest BCUT2D eigenvalue weighted by Crippen LogP contribution is -2.26. The number of aliphatic carboxylic acids is 1. The number of nitrogens with one attached hydrogen (secondary N) is 1. The topological polar surface area (TPSA) is 110 Å². The molecule has 0 saturated carbocycles. The molecule has 0 aromatic heterocycles. The maximum atomic E-state index is 11.6. The summed E-state index contributed by atoms with van der Waals surface area (Å²) in [6.07, 6.45) is 1.23. The zero-order chi connectivity index (χ0) is 18.4. The summed E-state index contributed by atoms with van der Waals surface area (Å²) in [6, 6.07) is 3.54. The van der Waals surface area contributed by atoms with Crippen LogP contribution in [0, 0.1) is 0 Å². The second-order valence-corrected chi connectivity index (χ2v) is 6.86. The highest BCUT2D eigenvalue weighted by Crippen LogP contribution is 2.36. The zero-order valence-electron chi connectivity index (χ0n) is 13.5. The van der Waals surface area contributed by atoms with E-state index in [4.69, 9.17) is 14.6 Å². The minimum absolute atomic E-state index is 0.262. The van der Waals surface area contributed by atoms with E-state index < -0.39 is 11.2 Å². The van der Waals surface area contributed by atoms with E-state index >= 15 is 0 Å². The Morgan fingerprint density at radius 1 is 1.52 bits per heavy atom. The van der Waals surface area contributed by atoms with Crippen molar-refractivity contribution in [2.75, 3.05) is 13.7 Å². The van der Waals surface area contributed by atoms with Gasteiger partial charge in [0.15, 0.2) is 16.7 Å². The second-order valence-electron chi connectivity index (χ2n) is 4.81. The van der Waals surface area contributed by atoms with Crippen molar-refractivity contribution in [1.82, 2.24) is 5.32 Å². The molecule has 134 valence electrons. The van der Waals surface area contributed by atoms with E-state index in [0.717, 1.165) is 11.8 Å². The second kappa shape index (κ2) is 8.86. The van der Waals surface area contributed by atoms with Crippen molar-refractivity contribution < 1.29 is 24.2 Å². The predicted octanol–water partition coefficient (Wildman–Crippen LogP) is 2.25. The summed E-state index contributed by atoms with van der Waals surface area (Å²) in [5.41, 5.74) is 0.716. The molecule has 2 rings (SSSR count). The highest BCUT2D eigenvalue weighted by molar-refractivity contribution is 9.10. The van der Waals surface area contributed by atoms with Crippen LogP contribution in [0.5, 0.6) is 11.5 Å². The number of amides is 1. The lowest BCUT2D eigenvalue weighted by molar-refractivity contribution is -0.138. The molecule has 1 heterocycles. The third kappa shape index (κ3) is 5.20. The van der Waals surface area contributed by atoms with Crippen molar-refractivity contribution in [3.8, 4) is 11.5 Å². The van der Waals surface area contributed by atoms with Gasteiger partial charge in [-0.1, -0.05) is 11.8 Å². The maximum Gasteiger partial charge on any atom is 0.305 e. The van der Waals surface area contributed by atoms with Gasteiger partial charge in [0.25, 0.3) is 0 Å². The van der Waals surface area contributed by atoms with Gasteiger partial charge in [-0.25, -0.2) is 0 Å².